The Hall–Kier alpha value is -1.63. The molecule has 1 heterocycles. The minimum absolute atomic E-state index is 0.137. The molecule has 1 saturated heterocycles. The van der Waals surface area contributed by atoms with Crippen LogP contribution in [0.1, 0.15) is 30.4 Å². The maximum Gasteiger partial charge on any atom is 0.253 e. The molecule has 0 aromatic heterocycles. The van der Waals surface area contributed by atoms with Crippen LogP contribution in [0, 0.1) is 5.82 Å². The monoisotopic (exact) mass is 298 g/mol. The molecule has 0 bridgehead atoms. The van der Waals surface area contributed by atoms with Crippen LogP contribution < -0.4 is 9.03 Å². The molecule has 3 rings (SSSR count). The van der Waals surface area contributed by atoms with Crippen LogP contribution >= 0.6 is 0 Å². The number of hydrogen-bond donors (Lipinski definition) is 2. The lowest BCUT2D eigenvalue weighted by Crippen LogP contribution is -2.24. The summed E-state index contributed by atoms with van der Waals surface area (Å²) in [5.74, 6) is -1.25. The van der Waals surface area contributed by atoms with Gasteiger partial charge in [0.05, 0.1) is 0 Å². The van der Waals surface area contributed by atoms with E-state index in [0.29, 0.717) is 12.0 Å². The highest BCUT2D eigenvalue weighted by Crippen LogP contribution is 2.38. The van der Waals surface area contributed by atoms with Gasteiger partial charge in [-0.05, 0) is 42.9 Å². The third kappa shape index (κ3) is 2.15. The van der Waals surface area contributed by atoms with Gasteiger partial charge in [-0.15, -0.1) is 0 Å². The summed E-state index contributed by atoms with van der Waals surface area (Å²) < 4.78 is 29.7. The third-order valence-corrected chi connectivity index (χ3v) is 4.84. The molecule has 0 radical (unpaired) electrons. The number of halogens is 1. The van der Waals surface area contributed by atoms with E-state index in [-0.39, 0.29) is 18.0 Å². The van der Waals surface area contributed by atoms with Crippen molar-refractivity contribution in [1.82, 2.24) is 4.72 Å². The molecule has 0 spiro atoms. The van der Waals surface area contributed by atoms with E-state index < -0.39 is 22.9 Å². The summed E-state index contributed by atoms with van der Waals surface area (Å²) in [7, 11) is 0. The van der Waals surface area contributed by atoms with Crippen molar-refractivity contribution in [1.29, 1.82) is 0 Å². The Labute approximate surface area is 118 Å². The van der Waals surface area contributed by atoms with Crippen molar-refractivity contribution >= 4 is 22.8 Å². The maximum atomic E-state index is 14.7. The second-order valence-electron chi connectivity index (χ2n) is 5.07. The number of aryl methyl sites for hydroxylation is 1. The minimum atomic E-state index is -1.83. The number of carbonyl (C=O) groups excluding carboxylic acids is 1. The first-order valence-electron chi connectivity index (χ1n) is 6.60. The van der Waals surface area contributed by atoms with Gasteiger partial charge in [0.15, 0.2) is 5.82 Å². The van der Waals surface area contributed by atoms with E-state index in [1.165, 1.54) is 0 Å². The standard InChI is InChI=1S/C13H15FN2O3S/c14-12-9-5-3-1-2-4-8(9)6-10(17)13(12)16-7-11(18)15-20(16)19/h6,17H,1-5,7H2,(H,15,18). The fraction of sp³-hybridized carbons (Fsp3) is 0.462. The normalized spacial score (nSPS) is 22.4. The highest BCUT2D eigenvalue weighted by Gasteiger charge is 2.33. The summed E-state index contributed by atoms with van der Waals surface area (Å²) in [6, 6.07) is 1.54. The van der Waals surface area contributed by atoms with Gasteiger partial charge in [0.2, 0.25) is 11.2 Å². The SMILES string of the molecule is O=C1CN(c2c(O)cc3c(c2F)CCCCC3)S(=O)N1. The fourth-order valence-electron chi connectivity index (χ4n) is 2.78. The van der Waals surface area contributed by atoms with Crippen molar-refractivity contribution in [2.75, 3.05) is 10.8 Å². The van der Waals surface area contributed by atoms with Gasteiger partial charge in [-0.2, -0.15) is 0 Å². The van der Waals surface area contributed by atoms with Crippen molar-refractivity contribution in [3.8, 4) is 5.75 Å². The molecule has 2 aliphatic rings. The van der Waals surface area contributed by atoms with Gasteiger partial charge >= 0.3 is 0 Å². The number of anilines is 1. The Morgan fingerprint density at radius 2 is 2.05 bits per heavy atom. The summed E-state index contributed by atoms with van der Waals surface area (Å²) in [5, 5.41) is 10.0. The lowest BCUT2D eigenvalue weighted by atomic mass is 10.0. The van der Waals surface area contributed by atoms with Crippen LogP contribution in [0.2, 0.25) is 0 Å². The van der Waals surface area contributed by atoms with Gasteiger partial charge < -0.3 is 5.11 Å². The van der Waals surface area contributed by atoms with Crippen LogP contribution in [-0.4, -0.2) is 21.8 Å². The largest absolute Gasteiger partial charge is 0.506 e. The summed E-state index contributed by atoms with van der Waals surface area (Å²) in [4.78, 5) is 11.3. The second-order valence-corrected chi connectivity index (χ2v) is 6.21. The molecule has 1 fully saturated rings. The second kappa shape index (κ2) is 5.05. The number of fused-ring (bicyclic) bond motifs is 1. The average molecular weight is 298 g/mol. The van der Waals surface area contributed by atoms with Crippen LogP contribution in [-0.2, 0) is 28.8 Å². The quantitative estimate of drug-likeness (QED) is 0.768. The van der Waals surface area contributed by atoms with E-state index in [1.54, 1.807) is 6.07 Å². The molecular weight excluding hydrogens is 283 g/mol. The predicted molar refractivity (Wildman–Crippen MR) is 73.0 cm³/mol. The van der Waals surface area contributed by atoms with Gasteiger partial charge in [0, 0.05) is 0 Å². The van der Waals surface area contributed by atoms with Crippen LogP contribution in [0.4, 0.5) is 10.1 Å². The Morgan fingerprint density at radius 1 is 1.30 bits per heavy atom. The zero-order chi connectivity index (χ0) is 14.3. The first-order valence-corrected chi connectivity index (χ1v) is 7.70. The Balaban J connectivity index is 2.10. The molecule has 1 aliphatic heterocycles. The zero-order valence-corrected chi connectivity index (χ0v) is 11.6. The lowest BCUT2D eigenvalue weighted by molar-refractivity contribution is -0.117. The van der Waals surface area contributed by atoms with Crippen molar-refractivity contribution in [3.05, 3.63) is 23.0 Å². The number of benzene rings is 1. The number of aromatic hydroxyl groups is 1. The smallest absolute Gasteiger partial charge is 0.253 e. The summed E-state index contributed by atoms with van der Waals surface area (Å²) >= 11 is -1.83. The number of phenols is 1. The average Bonchev–Trinajstić information content (AvgIpc) is 2.61. The Kier molecular flexibility index (Phi) is 3.37. The Bertz CT molecular complexity index is 606. The number of nitrogens with zero attached hydrogens (tertiary/aromatic N) is 1. The number of carbonyl (C=O) groups is 1. The van der Waals surface area contributed by atoms with Crippen LogP contribution in [0.15, 0.2) is 6.07 Å². The molecule has 2 N–H and O–H groups in total. The fourth-order valence-corrected chi connectivity index (χ4v) is 3.72. The van der Waals surface area contributed by atoms with E-state index in [2.05, 4.69) is 4.72 Å². The molecule has 1 aromatic rings. The van der Waals surface area contributed by atoms with E-state index in [9.17, 15) is 18.5 Å². The topological polar surface area (TPSA) is 69.6 Å². The molecule has 0 saturated carbocycles. The molecule has 1 unspecified atom stereocenters. The minimum Gasteiger partial charge on any atom is -0.506 e. The summed E-state index contributed by atoms with van der Waals surface area (Å²) in [6.45, 7) is -0.212. The number of hydrogen-bond acceptors (Lipinski definition) is 3. The van der Waals surface area contributed by atoms with Crippen LogP contribution in [0.25, 0.3) is 0 Å². The molecule has 1 atom stereocenters. The Morgan fingerprint density at radius 3 is 2.75 bits per heavy atom. The molecule has 108 valence electrons. The molecule has 1 amide bonds. The van der Waals surface area contributed by atoms with Gasteiger partial charge in [-0.1, -0.05) is 6.42 Å². The van der Waals surface area contributed by atoms with Gasteiger partial charge in [-0.3, -0.25) is 13.8 Å². The predicted octanol–water partition coefficient (Wildman–Crippen LogP) is 1.32. The summed E-state index contributed by atoms with van der Waals surface area (Å²) in [6.07, 6.45) is 4.24. The van der Waals surface area contributed by atoms with Crippen molar-refractivity contribution in [3.63, 3.8) is 0 Å². The van der Waals surface area contributed by atoms with E-state index in [4.69, 9.17) is 0 Å². The molecular formula is C13H15FN2O3S. The molecule has 7 heteroatoms. The summed E-state index contributed by atoms with van der Waals surface area (Å²) in [5.41, 5.74) is 1.25. The lowest BCUT2D eigenvalue weighted by Gasteiger charge is -2.19. The zero-order valence-electron chi connectivity index (χ0n) is 10.8. The molecule has 20 heavy (non-hydrogen) atoms. The molecule has 1 aromatic carbocycles. The number of phenolic OH excluding ortho intramolecular Hbond substituents is 1. The number of nitrogens with one attached hydrogen (secondary N) is 1. The number of amides is 1. The highest BCUT2D eigenvalue weighted by atomic mass is 32.2. The van der Waals surface area contributed by atoms with Crippen molar-refractivity contribution in [2.45, 2.75) is 32.1 Å². The van der Waals surface area contributed by atoms with Crippen LogP contribution in [0.3, 0.4) is 0 Å². The van der Waals surface area contributed by atoms with Crippen molar-refractivity contribution in [2.24, 2.45) is 0 Å². The third-order valence-electron chi connectivity index (χ3n) is 3.72. The molecule has 1 aliphatic carbocycles. The maximum absolute atomic E-state index is 14.7. The van der Waals surface area contributed by atoms with E-state index in [1.807, 2.05) is 0 Å². The van der Waals surface area contributed by atoms with E-state index in [0.717, 1.165) is 35.6 Å². The van der Waals surface area contributed by atoms with Crippen LogP contribution in [0.5, 0.6) is 5.75 Å². The molecule has 5 nitrogen and oxygen atoms in total. The van der Waals surface area contributed by atoms with Gasteiger partial charge in [-0.25, -0.2) is 8.60 Å². The first kappa shape index (κ1) is 13.4. The number of rotatable bonds is 1. The van der Waals surface area contributed by atoms with Crippen molar-refractivity contribution < 1.29 is 18.5 Å². The van der Waals surface area contributed by atoms with Gasteiger partial charge in [0.1, 0.15) is 18.0 Å². The first-order chi connectivity index (χ1) is 9.58. The van der Waals surface area contributed by atoms with E-state index >= 15 is 0 Å². The highest BCUT2D eigenvalue weighted by molar-refractivity contribution is 7.85. The van der Waals surface area contributed by atoms with Gasteiger partial charge in [0.25, 0.3) is 5.91 Å².